The predicted molar refractivity (Wildman–Crippen MR) is 151 cm³/mol. The molecule has 1 unspecified atom stereocenters. The number of carbonyl (C=O) groups excluding carboxylic acids is 1. The summed E-state index contributed by atoms with van der Waals surface area (Å²) in [6, 6.07) is 16.3. The molecule has 0 radical (unpaired) electrons. The largest absolute Gasteiger partial charge is 0.357 e. The molecule has 5 heterocycles. The third kappa shape index (κ3) is 4.42. The second-order valence-electron chi connectivity index (χ2n) is 10.9. The van der Waals surface area contributed by atoms with Crippen LogP contribution in [-0.2, 0) is 23.0 Å². The predicted octanol–water partition coefficient (Wildman–Crippen LogP) is 4.26. The van der Waals surface area contributed by atoms with Crippen molar-refractivity contribution in [1.29, 1.82) is 0 Å². The minimum absolute atomic E-state index is 0.198. The van der Waals surface area contributed by atoms with E-state index in [1.54, 1.807) is 30.5 Å². The zero-order chi connectivity index (χ0) is 27.4. The van der Waals surface area contributed by atoms with Gasteiger partial charge in [0.1, 0.15) is 11.6 Å². The van der Waals surface area contributed by atoms with Crippen LogP contribution < -0.4 is 14.5 Å². The van der Waals surface area contributed by atoms with E-state index in [0.717, 1.165) is 30.6 Å². The maximum absolute atomic E-state index is 13.3. The Balaban J connectivity index is 1.24. The first kappa shape index (κ1) is 25.4. The van der Waals surface area contributed by atoms with E-state index in [4.69, 9.17) is 0 Å². The molecule has 39 heavy (non-hydrogen) atoms. The smallest absolute Gasteiger partial charge is 0.281 e. The van der Waals surface area contributed by atoms with Gasteiger partial charge in [0.05, 0.1) is 12.1 Å². The number of hydrogen-bond donors (Lipinski definition) is 2. The average molecular weight is 545 g/mol. The van der Waals surface area contributed by atoms with Gasteiger partial charge in [0.25, 0.3) is 15.9 Å². The van der Waals surface area contributed by atoms with Crippen LogP contribution in [0.25, 0.3) is 10.9 Å². The van der Waals surface area contributed by atoms with Gasteiger partial charge in [0.15, 0.2) is 5.03 Å². The van der Waals surface area contributed by atoms with E-state index in [9.17, 15) is 13.2 Å². The molecule has 3 aromatic heterocycles. The van der Waals surface area contributed by atoms with E-state index in [1.807, 2.05) is 17.0 Å². The number of aromatic nitrogens is 3. The lowest BCUT2D eigenvalue weighted by atomic mass is 9.90. The zero-order valence-electron chi connectivity index (χ0n) is 22.3. The van der Waals surface area contributed by atoms with E-state index >= 15 is 0 Å². The SMILES string of the molecule is CC1CCN(c2ncccc2C(=O)NS(=O)(=O)c2cccc(N3CCc4c([nH]c5ccccc45)C3)n2)C1(C)C. The van der Waals surface area contributed by atoms with E-state index < -0.39 is 15.9 Å². The van der Waals surface area contributed by atoms with Crippen molar-refractivity contribution in [1.82, 2.24) is 19.7 Å². The monoisotopic (exact) mass is 544 g/mol. The third-order valence-electron chi connectivity index (χ3n) is 8.39. The molecule has 202 valence electrons. The number of sulfonamides is 1. The van der Waals surface area contributed by atoms with Crippen LogP contribution in [0.15, 0.2) is 65.8 Å². The second kappa shape index (κ2) is 9.37. The number of para-hydroxylation sites is 1. The summed E-state index contributed by atoms with van der Waals surface area (Å²) in [5.41, 5.74) is 3.51. The Kier molecular flexibility index (Phi) is 6.10. The van der Waals surface area contributed by atoms with Gasteiger partial charge in [0.2, 0.25) is 0 Å². The second-order valence-corrected chi connectivity index (χ2v) is 12.6. The Hall–Kier alpha value is -3.92. The summed E-state index contributed by atoms with van der Waals surface area (Å²) in [5.74, 6) is 0.718. The highest BCUT2D eigenvalue weighted by molar-refractivity contribution is 7.90. The number of benzene rings is 1. The maximum Gasteiger partial charge on any atom is 0.281 e. The maximum atomic E-state index is 13.3. The van der Waals surface area contributed by atoms with Gasteiger partial charge in [-0.05, 0) is 68.5 Å². The van der Waals surface area contributed by atoms with Gasteiger partial charge in [-0.3, -0.25) is 4.79 Å². The van der Waals surface area contributed by atoms with Crippen LogP contribution >= 0.6 is 0 Å². The number of H-pyrrole nitrogens is 1. The summed E-state index contributed by atoms with van der Waals surface area (Å²) in [4.78, 5) is 29.9. The molecule has 0 bridgehead atoms. The van der Waals surface area contributed by atoms with Crippen molar-refractivity contribution in [2.75, 3.05) is 22.9 Å². The van der Waals surface area contributed by atoms with Crippen LogP contribution in [-0.4, -0.2) is 47.9 Å². The molecule has 1 atom stereocenters. The molecule has 1 fully saturated rings. The number of hydrogen-bond acceptors (Lipinski definition) is 7. The lowest BCUT2D eigenvalue weighted by molar-refractivity contribution is 0.0981. The van der Waals surface area contributed by atoms with Crippen LogP contribution in [0.2, 0.25) is 0 Å². The Morgan fingerprint density at radius 1 is 1.08 bits per heavy atom. The summed E-state index contributed by atoms with van der Waals surface area (Å²) in [6.45, 7) is 8.46. The Bertz CT molecular complexity index is 1680. The van der Waals surface area contributed by atoms with E-state index in [-0.39, 0.29) is 16.1 Å². The normalized spacial score (nSPS) is 18.8. The number of anilines is 2. The van der Waals surface area contributed by atoms with Crippen LogP contribution in [0, 0.1) is 5.92 Å². The van der Waals surface area contributed by atoms with E-state index in [1.165, 1.54) is 17.0 Å². The number of rotatable bonds is 5. The molecule has 1 saturated heterocycles. The van der Waals surface area contributed by atoms with Crippen molar-refractivity contribution < 1.29 is 13.2 Å². The minimum atomic E-state index is -4.22. The van der Waals surface area contributed by atoms with Crippen LogP contribution in [0.4, 0.5) is 11.6 Å². The molecule has 0 aliphatic carbocycles. The standard InChI is InChI=1S/C29H32N6O3S/c1-19-13-17-35(29(19,2)3)27-22(9-7-15-30-27)28(36)33-39(37,38)26-12-6-11-25(32-26)34-16-14-21-20-8-4-5-10-23(20)31-24(21)18-34/h4-12,15,19,31H,13-14,16-18H2,1-3H3,(H,33,36). The molecule has 0 spiro atoms. The molecule has 10 heteroatoms. The fourth-order valence-electron chi connectivity index (χ4n) is 5.75. The first-order chi connectivity index (χ1) is 18.6. The van der Waals surface area contributed by atoms with E-state index in [0.29, 0.717) is 30.6 Å². The summed E-state index contributed by atoms with van der Waals surface area (Å²) in [5, 5.41) is 1.03. The highest BCUT2D eigenvalue weighted by Crippen LogP contribution is 2.38. The van der Waals surface area contributed by atoms with Crippen molar-refractivity contribution in [2.45, 2.75) is 50.7 Å². The zero-order valence-corrected chi connectivity index (χ0v) is 23.1. The Morgan fingerprint density at radius 3 is 2.69 bits per heavy atom. The number of pyridine rings is 2. The lowest BCUT2D eigenvalue weighted by Crippen LogP contribution is -2.43. The summed E-state index contributed by atoms with van der Waals surface area (Å²) in [6.07, 6.45) is 3.42. The topological polar surface area (TPSA) is 111 Å². The number of amides is 1. The van der Waals surface area contributed by atoms with Crippen molar-refractivity contribution in [3.8, 4) is 0 Å². The van der Waals surface area contributed by atoms with E-state index in [2.05, 4.69) is 57.5 Å². The molecule has 2 aliphatic rings. The quantitative estimate of drug-likeness (QED) is 0.386. The molecule has 1 amide bonds. The number of nitrogens with zero attached hydrogens (tertiary/aromatic N) is 4. The Morgan fingerprint density at radius 2 is 1.90 bits per heavy atom. The molecule has 6 rings (SSSR count). The first-order valence-electron chi connectivity index (χ1n) is 13.3. The van der Waals surface area contributed by atoms with Gasteiger partial charge >= 0.3 is 0 Å². The van der Waals surface area contributed by atoms with Crippen LogP contribution in [0.3, 0.4) is 0 Å². The molecule has 4 aromatic rings. The first-order valence-corrected chi connectivity index (χ1v) is 14.7. The van der Waals surface area contributed by atoms with Gasteiger partial charge in [-0.25, -0.2) is 14.7 Å². The number of aromatic amines is 1. The van der Waals surface area contributed by atoms with Crippen molar-refractivity contribution in [2.24, 2.45) is 5.92 Å². The lowest BCUT2D eigenvalue weighted by Gasteiger charge is -2.36. The summed E-state index contributed by atoms with van der Waals surface area (Å²) in [7, 11) is -4.22. The van der Waals surface area contributed by atoms with Crippen molar-refractivity contribution in [3.63, 3.8) is 0 Å². The molecule has 9 nitrogen and oxygen atoms in total. The average Bonchev–Trinajstić information content (AvgIpc) is 3.43. The van der Waals surface area contributed by atoms with Gasteiger partial charge in [-0.2, -0.15) is 8.42 Å². The van der Waals surface area contributed by atoms with Crippen LogP contribution in [0.5, 0.6) is 0 Å². The molecule has 2 aliphatic heterocycles. The molecule has 2 N–H and O–H groups in total. The highest BCUT2D eigenvalue weighted by atomic mass is 32.2. The van der Waals surface area contributed by atoms with Gasteiger partial charge < -0.3 is 14.8 Å². The van der Waals surface area contributed by atoms with Gasteiger partial charge in [0, 0.05) is 41.4 Å². The molecule has 1 aromatic carbocycles. The van der Waals surface area contributed by atoms with Crippen molar-refractivity contribution in [3.05, 3.63) is 77.6 Å². The number of nitrogens with one attached hydrogen (secondary N) is 2. The molecular formula is C29H32N6O3S. The summed E-state index contributed by atoms with van der Waals surface area (Å²) < 4.78 is 28.9. The summed E-state index contributed by atoms with van der Waals surface area (Å²) >= 11 is 0. The fraction of sp³-hybridized carbons (Fsp3) is 0.345. The molecule has 0 saturated carbocycles. The minimum Gasteiger partial charge on any atom is -0.357 e. The number of fused-ring (bicyclic) bond motifs is 3. The Labute approximate surface area is 228 Å². The van der Waals surface area contributed by atoms with Gasteiger partial charge in [-0.1, -0.05) is 31.2 Å². The number of carbonyl (C=O) groups is 1. The third-order valence-corrected chi connectivity index (χ3v) is 9.62. The highest BCUT2D eigenvalue weighted by Gasteiger charge is 2.40. The van der Waals surface area contributed by atoms with Crippen molar-refractivity contribution >= 4 is 38.5 Å². The van der Waals surface area contributed by atoms with Crippen LogP contribution in [0.1, 0.15) is 48.8 Å². The molecular weight excluding hydrogens is 512 g/mol. The fourth-order valence-corrected chi connectivity index (χ4v) is 6.68. The van der Waals surface area contributed by atoms with Gasteiger partial charge in [-0.15, -0.1) is 0 Å².